The summed E-state index contributed by atoms with van der Waals surface area (Å²) in [5.74, 6) is -2.08. The van der Waals surface area contributed by atoms with E-state index in [1.165, 1.54) is 52.5 Å². The molecule has 0 amide bonds. The van der Waals surface area contributed by atoms with Crippen molar-refractivity contribution in [2.75, 3.05) is 55.7 Å². The molecule has 64 heavy (non-hydrogen) atoms. The van der Waals surface area contributed by atoms with Crippen molar-refractivity contribution < 1.29 is 67.4 Å². The lowest BCUT2D eigenvalue weighted by atomic mass is 9.94. The molecule has 4 aromatic rings. The Morgan fingerprint density at radius 3 is 0.969 bits per heavy atom. The summed E-state index contributed by atoms with van der Waals surface area (Å²) in [6.07, 6.45) is -1.23. The number of hydrogen-bond acceptors (Lipinski definition) is 16. The highest BCUT2D eigenvalue weighted by molar-refractivity contribution is 6.35. The molecule has 0 fully saturated rings. The lowest BCUT2D eigenvalue weighted by Gasteiger charge is -2.34. The van der Waals surface area contributed by atoms with Crippen LogP contribution in [0.1, 0.15) is 58.5 Å². The van der Waals surface area contributed by atoms with E-state index in [2.05, 4.69) is 9.47 Å². The number of rotatable bonds is 16. The molecule has 2 aliphatic rings. The SMILES string of the molecule is CCN1C(c2ccc(OC)cc2)=C(C(=O)c2ccc(OC)cc2)C(=O)[C@@]1(O)CC(=O)OC.CCN1C(c2ccc(OC)cc2)=C(C(=O)c2ccc(OC)cc2)C(=O)[C@]1(O)CC(=O)OC. The minimum Gasteiger partial charge on any atom is -0.497 e. The van der Waals surface area contributed by atoms with Crippen molar-refractivity contribution in [1.82, 2.24) is 9.80 Å². The zero-order valence-electron chi connectivity index (χ0n) is 36.8. The largest absolute Gasteiger partial charge is 0.497 e. The predicted octanol–water partition coefficient (Wildman–Crippen LogP) is 4.91. The standard InChI is InChI=1S/2C24H25NO7/c2*1-5-25-21(15-6-10-17(30-2)11-7-15)20(23(28)24(25,29)14-19(26)32-4)22(27)16-8-12-18(31-3)13-9-16/h2*6-13,29H,5,14H2,1-4H3/t2*24-/m10/s1. The molecule has 16 heteroatoms. The van der Waals surface area contributed by atoms with Gasteiger partial charge in [-0.15, -0.1) is 0 Å². The van der Waals surface area contributed by atoms with Crippen molar-refractivity contribution in [3.63, 3.8) is 0 Å². The van der Waals surface area contributed by atoms with E-state index < -0.39 is 59.4 Å². The van der Waals surface area contributed by atoms with E-state index in [1.807, 2.05) is 0 Å². The van der Waals surface area contributed by atoms with Gasteiger partial charge in [0.05, 0.1) is 65.2 Å². The molecule has 6 rings (SSSR count). The Morgan fingerprint density at radius 2 is 0.734 bits per heavy atom. The second-order valence-corrected chi connectivity index (χ2v) is 14.3. The molecular formula is C48H50N2O14. The van der Waals surface area contributed by atoms with Crippen molar-refractivity contribution in [2.45, 2.75) is 38.1 Å². The molecule has 0 aliphatic carbocycles. The van der Waals surface area contributed by atoms with Crippen LogP contribution in [-0.4, -0.2) is 122 Å². The summed E-state index contributed by atoms with van der Waals surface area (Å²) in [4.78, 5) is 80.7. The van der Waals surface area contributed by atoms with E-state index in [4.69, 9.17) is 18.9 Å². The van der Waals surface area contributed by atoms with Gasteiger partial charge in [0, 0.05) is 24.2 Å². The number of carbonyl (C=O) groups excluding carboxylic acids is 6. The molecule has 0 saturated carbocycles. The molecule has 0 unspecified atom stereocenters. The molecule has 0 aromatic heterocycles. The van der Waals surface area contributed by atoms with Gasteiger partial charge in [0.15, 0.2) is 11.6 Å². The number of ketones is 4. The number of nitrogens with zero attached hydrogens (tertiary/aromatic N) is 2. The summed E-state index contributed by atoms with van der Waals surface area (Å²) in [5.41, 5.74) is -2.85. The summed E-state index contributed by atoms with van der Waals surface area (Å²) in [6.45, 7) is 3.78. The van der Waals surface area contributed by atoms with Gasteiger partial charge >= 0.3 is 11.9 Å². The Balaban J connectivity index is 0.000000241. The molecular weight excluding hydrogens is 829 g/mol. The fourth-order valence-corrected chi connectivity index (χ4v) is 7.53. The molecule has 336 valence electrons. The number of esters is 2. The minimum absolute atomic E-state index is 0.167. The number of Topliss-reactive ketones (excluding diaryl/α,β-unsaturated/α-hetero) is 4. The van der Waals surface area contributed by atoms with Crippen LogP contribution in [0.3, 0.4) is 0 Å². The Hall–Kier alpha value is -7.30. The zero-order valence-corrected chi connectivity index (χ0v) is 36.8. The maximum Gasteiger partial charge on any atom is 0.310 e. The number of carbonyl (C=O) groups is 6. The van der Waals surface area contributed by atoms with E-state index >= 15 is 0 Å². The first kappa shape index (κ1) is 47.7. The first-order valence-electron chi connectivity index (χ1n) is 20.0. The third kappa shape index (κ3) is 9.23. The van der Waals surface area contributed by atoms with Crippen LogP contribution in [0.4, 0.5) is 0 Å². The van der Waals surface area contributed by atoms with E-state index in [1.54, 1.807) is 111 Å². The monoisotopic (exact) mass is 878 g/mol. The van der Waals surface area contributed by atoms with E-state index in [0.717, 1.165) is 0 Å². The summed E-state index contributed by atoms with van der Waals surface area (Å²) < 4.78 is 30.0. The molecule has 2 heterocycles. The Labute approximate surface area is 370 Å². The normalized spacial score (nSPS) is 18.0. The Bertz CT molecular complexity index is 2290. The van der Waals surface area contributed by atoms with Gasteiger partial charge in [-0.2, -0.15) is 0 Å². The second kappa shape index (κ2) is 20.3. The fourth-order valence-electron chi connectivity index (χ4n) is 7.53. The number of methoxy groups -OCH3 is 6. The quantitative estimate of drug-likeness (QED) is 0.0872. The van der Waals surface area contributed by atoms with Gasteiger partial charge in [-0.25, -0.2) is 0 Å². The lowest BCUT2D eigenvalue weighted by Crippen LogP contribution is -2.51. The highest BCUT2D eigenvalue weighted by Gasteiger charge is 2.56. The number of aliphatic hydroxyl groups is 2. The van der Waals surface area contributed by atoms with Gasteiger partial charge in [-0.1, -0.05) is 0 Å². The van der Waals surface area contributed by atoms with Gasteiger partial charge in [-0.05, 0) is 122 Å². The second-order valence-electron chi connectivity index (χ2n) is 14.3. The molecule has 0 saturated heterocycles. The molecule has 16 nitrogen and oxygen atoms in total. The highest BCUT2D eigenvalue weighted by atomic mass is 16.5. The van der Waals surface area contributed by atoms with Crippen LogP contribution in [-0.2, 0) is 28.7 Å². The fraction of sp³-hybridized carbons (Fsp3) is 0.292. The van der Waals surface area contributed by atoms with Crippen LogP contribution < -0.4 is 18.9 Å². The maximum atomic E-state index is 13.5. The van der Waals surface area contributed by atoms with Crippen molar-refractivity contribution in [3.8, 4) is 23.0 Å². The van der Waals surface area contributed by atoms with Crippen molar-refractivity contribution in [1.29, 1.82) is 0 Å². The van der Waals surface area contributed by atoms with Gasteiger partial charge in [0.25, 0.3) is 0 Å². The van der Waals surface area contributed by atoms with E-state index in [0.29, 0.717) is 34.1 Å². The maximum absolute atomic E-state index is 13.5. The zero-order chi connectivity index (χ0) is 46.9. The van der Waals surface area contributed by atoms with Gasteiger partial charge < -0.3 is 48.4 Å². The van der Waals surface area contributed by atoms with Gasteiger partial charge in [0.1, 0.15) is 35.8 Å². The predicted molar refractivity (Wildman–Crippen MR) is 232 cm³/mol. The molecule has 2 atom stereocenters. The molecule has 0 spiro atoms. The smallest absolute Gasteiger partial charge is 0.310 e. The van der Waals surface area contributed by atoms with Crippen molar-refractivity contribution in [3.05, 3.63) is 130 Å². The summed E-state index contributed by atoms with van der Waals surface area (Å²) in [6, 6.07) is 26.1. The summed E-state index contributed by atoms with van der Waals surface area (Å²) in [7, 11) is 8.41. The topological polar surface area (TPSA) is 205 Å². The summed E-state index contributed by atoms with van der Waals surface area (Å²) in [5, 5.41) is 22.7. The van der Waals surface area contributed by atoms with Crippen molar-refractivity contribution >= 4 is 46.5 Å². The Morgan fingerprint density at radius 1 is 0.469 bits per heavy atom. The van der Waals surface area contributed by atoms with Gasteiger partial charge in [-0.3, -0.25) is 28.8 Å². The van der Waals surface area contributed by atoms with Crippen LogP contribution in [0.5, 0.6) is 23.0 Å². The Kier molecular flexibility index (Phi) is 15.1. The lowest BCUT2D eigenvalue weighted by molar-refractivity contribution is -0.162. The van der Waals surface area contributed by atoms with Crippen LogP contribution in [0.15, 0.2) is 108 Å². The van der Waals surface area contributed by atoms with E-state index in [9.17, 15) is 39.0 Å². The first-order chi connectivity index (χ1) is 30.6. The number of benzene rings is 4. The minimum atomic E-state index is -2.24. The molecule has 2 N–H and O–H groups in total. The van der Waals surface area contributed by atoms with Crippen LogP contribution in [0.2, 0.25) is 0 Å². The average molecular weight is 879 g/mol. The van der Waals surface area contributed by atoms with E-state index in [-0.39, 0.29) is 46.8 Å². The van der Waals surface area contributed by atoms with Crippen LogP contribution in [0.25, 0.3) is 11.4 Å². The number of ether oxygens (including phenoxy) is 6. The third-order valence-electron chi connectivity index (χ3n) is 10.8. The molecule has 0 radical (unpaired) electrons. The number of hydrogen-bond donors (Lipinski definition) is 2. The highest BCUT2D eigenvalue weighted by Crippen LogP contribution is 2.43. The molecule has 2 aliphatic heterocycles. The average Bonchev–Trinajstić information content (AvgIpc) is 3.68. The first-order valence-corrected chi connectivity index (χ1v) is 20.0. The summed E-state index contributed by atoms with van der Waals surface area (Å²) >= 11 is 0. The molecule has 0 bridgehead atoms. The van der Waals surface area contributed by atoms with Gasteiger partial charge in [0.2, 0.25) is 23.0 Å². The van der Waals surface area contributed by atoms with Crippen LogP contribution in [0, 0.1) is 0 Å². The number of likely N-dealkylation sites (N-methyl/N-ethyl adjacent to an activating group) is 2. The third-order valence-corrected chi connectivity index (χ3v) is 10.8. The molecule has 4 aromatic carbocycles. The van der Waals surface area contributed by atoms with Crippen LogP contribution >= 0.6 is 0 Å². The van der Waals surface area contributed by atoms with Crippen molar-refractivity contribution in [2.24, 2.45) is 0 Å².